The molecule has 0 radical (unpaired) electrons. The molecule has 122 valence electrons. The average molecular weight is 294 g/mol. The first kappa shape index (κ1) is 22.1. The Morgan fingerprint density at radius 3 is 2.00 bits per heavy atom. The number of unbranched alkanes of at least 4 members (excludes halogenated alkanes) is 6. The lowest BCUT2D eigenvalue weighted by atomic mass is 10.1. The molecule has 0 unspecified atom stereocenters. The molecule has 2 heteroatoms. The van der Waals surface area contributed by atoms with Crippen LogP contribution in [0.15, 0.2) is 23.3 Å². The Morgan fingerprint density at radius 1 is 0.857 bits per heavy atom. The Morgan fingerprint density at radius 2 is 1.48 bits per heavy atom. The maximum absolute atomic E-state index is 10.0. The van der Waals surface area contributed by atoms with Crippen LogP contribution in [0, 0.1) is 0 Å². The van der Waals surface area contributed by atoms with E-state index in [2.05, 4.69) is 26.8 Å². The zero-order valence-electron chi connectivity index (χ0n) is 14.5. The standard InChI is InChI=1S/C10H16O.C9H18O/c1-9(2)5-4-6-10(3)7-8-11;1-2-3-4-5-6-7-8-9-10/h5,7-8H,4,6H2,1-3H3;9H,2-8H2,1H3. The first-order chi connectivity index (χ1) is 10.1. The van der Waals surface area contributed by atoms with Crippen LogP contribution in [0.4, 0.5) is 0 Å². The van der Waals surface area contributed by atoms with Crippen molar-refractivity contribution in [3.8, 4) is 0 Å². The summed E-state index contributed by atoms with van der Waals surface area (Å²) < 4.78 is 0. The first-order valence-corrected chi connectivity index (χ1v) is 8.26. The van der Waals surface area contributed by atoms with E-state index in [4.69, 9.17) is 0 Å². The molecule has 0 amide bonds. The molecule has 0 aliphatic carbocycles. The first-order valence-electron chi connectivity index (χ1n) is 8.26. The molecule has 0 aromatic rings. The van der Waals surface area contributed by atoms with Gasteiger partial charge in [-0.05, 0) is 46.1 Å². The number of hydrogen-bond acceptors (Lipinski definition) is 2. The van der Waals surface area contributed by atoms with Crippen LogP contribution in [-0.2, 0) is 9.59 Å². The van der Waals surface area contributed by atoms with E-state index in [0.717, 1.165) is 43.8 Å². The third kappa shape index (κ3) is 24.2. The van der Waals surface area contributed by atoms with Crippen LogP contribution >= 0.6 is 0 Å². The second-order valence-electron chi connectivity index (χ2n) is 5.69. The highest BCUT2D eigenvalue weighted by molar-refractivity contribution is 5.65. The highest BCUT2D eigenvalue weighted by Crippen LogP contribution is 2.06. The van der Waals surface area contributed by atoms with Crippen molar-refractivity contribution in [2.75, 3.05) is 0 Å². The molecule has 0 aliphatic rings. The van der Waals surface area contributed by atoms with Gasteiger partial charge in [-0.2, -0.15) is 0 Å². The van der Waals surface area contributed by atoms with Gasteiger partial charge in [0.15, 0.2) is 0 Å². The number of rotatable bonds is 11. The molecule has 0 aromatic heterocycles. The molecule has 0 aromatic carbocycles. The molecule has 0 fully saturated rings. The summed E-state index contributed by atoms with van der Waals surface area (Å²) in [6.45, 7) is 8.36. The third-order valence-electron chi connectivity index (χ3n) is 3.12. The fourth-order valence-electron chi connectivity index (χ4n) is 1.80. The molecule has 0 aliphatic heterocycles. The quantitative estimate of drug-likeness (QED) is 0.208. The normalized spacial score (nSPS) is 10.4. The van der Waals surface area contributed by atoms with E-state index in [1.807, 2.05) is 6.92 Å². The van der Waals surface area contributed by atoms with Crippen LogP contribution in [0.25, 0.3) is 0 Å². The van der Waals surface area contributed by atoms with Crippen molar-refractivity contribution in [2.24, 2.45) is 0 Å². The Labute approximate surface area is 131 Å². The Bertz CT molecular complexity index is 297. The van der Waals surface area contributed by atoms with Crippen LogP contribution in [0.1, 0.15) is 85.5 Å². The summed E-state index contributed by atoms with van der Waals surface area (Å²) in [5.74, 6) is 0. The van der Waals surface area contributed by atoms with E-state index in [0.29, 0.717) is 0 Å². The average Bonchev–Trinajstić information content (AvgIpc) is 2.43. The van der Waals surface area contributed by atoms with E-state index in [1.54, 1.807) is 6.08 Å². The van der Waals surface area contributed by atoms with Gasteiger partial charge in [-0.25, -0.2) is 0 Å². The van der Waals surface area contributed by atoms with Gasteiger partial charge in [0.05, 0.1) is 0 Å². The number of aldehydes is 2. The molecule has 0 N–H and O–H groups in total. The van der Waals surface area contributed by atoms with Gasteiger partial charge in [0.25, 0.3) is 0 Å². The van der Waals surface area contributed by atoms with Gasteiger partial charge in [0.1, 0.15) is 12.6 Å². The van der Waals surface area contributed by atoms with Crippen LogP contribution < -0.4 is 0 Å². The molecular formula is C19H34O2. The smallest absolute Gasteiger partial charge is 0.142 e. The molecule has 21 heavy (non-hydrogen) atoms. The van der Waals surface area contributed by atoms with Crippen molar-refractivity contribution < 1.29 is 9.59 Å². The number of carbonyl (C=O) groups excluding carboxylic acids is 2. The molecule has 0 rings (SSSR count). The Balaban J connectivity index is 0. The van der Waals surface area contributed by atoms with Crippen molar-refractivity contribution in [1.82, 2.24) is 0 Å². The van der Waals surface area contributed by atoms with Gasteiger partial charge >= 0.3 is 0 Å². The zero-order chi connectivity index (χ0) is 16.3. The van der Waals surface area contributed by atoms with Gasteiger partial charge in [-0.1, -0.05) is 56.3 Å². The predicted molar refractivity (Wildman–Crippen MR) is 92.5 cm³/mol. The molecule has 0 atom stereocenters. The molecule has 0 bridgehead atoms. The maximum Gasteiger partial charge on any atom is 0.142 e. The van der Waals surface area contributed by atoms with E-state index in [-0.39, 0.29) is 0 Å². The van der Waals surface area contributed by atoms with Crippen molar-refractivity contribution >= 4 is 12.6 Å². The number of allylic oxidation sites excluding steroid dienone is 4. The van der Waals surface area contributed by atoms with Gasteiger partial charge in [0, 0.05) is 6.42 Å². The van der Waals surface area contributed by atoms with Crippen LogP contribution in [0.2, 0.25) is 0 Å². The van der Waals surface area contributed by atoms with E-state index < -0.39 is 0 Å². The minimum absolute atomic E-state index is 0.756. The molecule has 0 heterocycles. The van der Waals surface area contributed by atoms with E-state index in [1.165, 1.54) is 37.7 Å². The maximum atomic E-state index is 10.0. The molecule has 0 spiro atoms. The summed E-state index contributed by atoms with van der Waals surface area (Å²) in [4.78, 5) is 19.9. The van der Waals surface area contributed by atoms with Gasteiger partial charge in [0.2, 0.25) is 0 Å². The summed E-state index contributed by atoms with van der Waals surface area (Å²) in [7, 11) is 0. The van der Waals surface area contributed by atoms with Crippen molar-refractivity contribution in [1.29, 1.82) is 0 Å². The zero-order valence-corrected chi connectivity index (χ0v) is 14.5. The van der Waals surface area contributed by atoms with Crippen LogP contribution in [-0.4, -0.2) is 12.6 Å². The molecule has 0 saturated heterocycles. The molecular weight excluding hydrogens is 260 g/mol. The fraction of sp³-hybridized carbons (Fsp3) is 0.684. The SMILES string of the molecule is CC(C)=CCCC(C)=CC=O.CCCCCCCCC=O. The van der Waals surface area contributed by atoms with E-state index in [9.17, 15) is 9.59 Å². The van der Waals surface area contributed by atoms with Crippen molar-refractivity contribution in [2.45, 2.75) is 85.5 Å². The van der Waals surface area contributed by atoms with Crippen LogP contribution in [0.5, 0.6) is 0 Å². The topological polar surface area (TPSA) is 34.1 Å². The Kier molecular flexibility index (Phi) is 19.8. The molecule has 0 saturated carbocycles. The fourth-order valence-corrected chi connectivity index (χ4v) is 1.80. The van der Waals surface area contributed by atoms with Crippen molar-refractivity contribution in [3.05, 3.63) is 23.3 Å². The Hall–Kier alpha value is -1.18. The van der Waals surface area contributed by atoms with Crippen LogP contribution in [0.3, 0.4) is 0 Å². The van der Waals surface area contributed by atoms with Gasteiger partial charge in [-0.3, -0.25) is 4.79 Å². The lowest BCUT2D eigenvalue weighted by molar-refractivity contribution is -0.108. The minimum Gasteiger partial charge on any atom is -0.303 e. The summed E-state index contributed by atoms with van der Waals surface area (Å²) in [5, 5.41) is 0. The lowest BCUT2D eigenvalue weighted by Crippen LogP contribution is -1.79. The second-order valence-corrected chi connectivity index (χ2v) is 5.69. The monoisotopic (exact) mass is 294 g/mol. The minimum atomic E-state index is 0.756. The second kappa shape index (κ2) is 18.8. The summed E-state index contributed by atoms with van der Waals surface area (Å²) in [5.41, 5.74) is 2.49. The number of hydrogen-bond donors (Lipinski definition) is 0. The van der Waals surface area contributed by atoms with Gasteiger partial charge in [-0.15, -0.1) is 0 Å². The highest BCUT2D eigenvalue weighted by Gasteiger charge is 1.88. The number of carbonyl (C=O) groups is 2. The van der Waals surface area contributed by atoms with Gasteiger partial charge < -0.3 is 4.79 Å². The summed E-state index contributed by atoms with van der Waals surface area (Å²) in [6, 6.07) is 0. The predicted octanol–water partition coefficient (Wildman–Crippen LogP) is 5.81. The van der Waals surface area contributed by atoms with E-state index >= 15 is 0 Å². The highest BCUT2D eigenvalue weighted by atomic mass is 16.1. The third-order valence-corrected chi connectivity index (χ3v) is 3.12. The molecule has 2 nitrogen and oxygen atoms in total. The lowest BCUT2D eigenvalue weighted by Gasteiger charge is -1.95. The summed E-state index contributed by atoms with van der Waals surface area (Å²) >= 11 is 0. The summed E-state index contributed by atoms with van der Waals surface area (Å²) in [6.07, 6.45) is 16.1. The largest absolute Gasteiger partial charge is 0.303 e. The van der Waals surface area contributed by atoms with Crippen molar-refractivity contribution in [3.63, 3.8) is 0 Å².